The van der Waals surface area contributed by atoms with E-state index in [4.69, 9.17) is 12.6 Å². The Morgan fingerprint density at radius 3 is 1.58 bits per heavy atom. The molecule has 0 aliphatic heterocycles. The van der Waals surface area contributed by atoms with Crippen molar-refractivity contribution in [1.82, 2.24) is 0 Å². The molecule has 1 heteroatoms. The summed E-state index contributed by atoms with van der Waals surface area (Å²) in [5.41, 5.74) is 2.75. The third kappa shape index (κ3) is 4.43. The molecule has 0 aromatic heterocycles. The van der Waals surface area contributed by atoms with E-state index in [2.05, 4.69) is 67.6 Å². The van der Waals surface area contributed by atoms with E-state index in [1.54, 1.807) is 0 Å². The van der Waals surface area contributed by atoms with Gasteiger partial charge in [-0.15, -0.1) is 0 Å². The molecule has 0 aliphatic carbocycles. The first-order valence-corrected chi connectivity index (χ1v) is 7.47. The molecule has 0 spiro atoms. The highest BCUT2D eigenvalue weighted by Crippen LogP contribution is 2.30. The summed E-state index contributed by atoms with van der Waals surface area (Å²) < 4.78 is 0.0530. The van der Waals surface area contributed by atoms with Gasteiger partial charge >= 0.3 is 0 Å². The van der Waals surface area contributed by atoms with Crippen molar-refractivity contribution in [2.24, 2.45) is 0 Å². The fourth-order valence-electron chi connectivity index (χ4n) is 2.66. The molecule has 0 nitrogen and oxygen atoms in total. The lowest BCUT2D eigenvalue weighted by atomic mass is 9.88. The molecule has 0 saturated heterocycles. The van der Waals surface area contributed by atoms with Crippen molar-refractivity contribution in [3.05, 3.63) is 71.8 Å². The van der Waals surface area contributed by atoms with Crippen LogP contribution in [0, 0.1) is 0 Å². The Labute approximate surface area is 122 Å². The van der Waals surface area contributed by atoms with Gasteiger partial charge in [0.1, 0.15) is 0 Å². The summed E-state index contributed by atoms with van der Waals surface area (Å²) in [5.74, 6) is 0. The maximum Gasteiger partial charge on any atom is 0.0210 e. The molecule has 0 unspecified atom stereocenters. The van der Waals surface area contributed by atoms with Gasteiger partial charge < -0.3 is 0 Å². The second-order valence-corrected chi connectivity index (χ2v) is 6.25. The second-order valence-electron chi connectivity index (χ2n) is 5.30. The van der Waals surface area contributed by atoms with Crippen LogP contribution in [0.5, 0.6) is 0 Å². The molecule has 0 heterocycles. The van der Waals surface area contributed by atoms with E-state index < -0.39 is 0 Å². The molecule has 2 aromatic rings. The number of hydrogen-bond acceptors (Lipinski definition) is 1. The van der Waals surface area contributed by atoms with Crippen molar-refractivity contribution in [2.75, 3.05) is 0 Å². The zero-order valence-corrected chi connectivity index (χ0v) is 12.4. The zero-order chi connectivity index (χ0) is 13.6. The normalized spacial score (nSPS) is 11.5. The van der Waals surface area contributed by atoms with Crippen molar-refractivity contribution >= 4 is 12.6 Å². The van der Waals surface area contributed by atoms with Gasteiger partial charge in [-0.1, -0.05) is 74.0 Å². The van der Waals surface area contributed by atoms with E-state index in [0.717, 1.165) is 19.3 Å². The fourth-order valence-corrected chi connectivity index (χ4v) is 3.25. The van der Waals surface area contributed by atoms with E-state index in [9.17, 15) is 0 Å². The maximum absolute atomic E-state index is 5.02. The summed E-state index contributed by atoms with van der Waals surface area (Å²) in [5, 5.41) is 0. The molecular weight excluding hydrogens is 248 g/mol. The molecule has 0 saturated carbocycles. The van der Waals surface area contributed by atoms with E-state index in [1.165, 1.54) is 17.5 Å². The first-order valence-electron chi connectivity index (χ1n) is 7.02. The summed E-state index contributed by atoms with van der Waals surface area (Å²) in [7, 11) is 0. The van der Waals surface area contributed by atoms with Gasteiger partial charge in [-0.05, 0) is 30.4 Å². The minimum Gasteiger partial charge on any atom is -0.172 e. The summed E-state index contributed by atoms with van der Waals surface area (Å²) in [6, 6.07) is 21.4. The summed E-state index contributed by atoms with van der Waals surface area (Å²) in [6.45, 7) is 2.24. The van der Waals surface area contributed by atoms with Crippen LogP contribution in [0.3, 0.4) is 0 Å². The Bertz CT molecular complexity index is 434. The summed E-state index contributed by atoms with van der Waals surface area (Å²) in [4.78, 5) is 0. The summed E-state index contributed by atoms with van der Waals surface area (Å²) >= 11 is 5.02. The lowest BCUT2D eigenvalue weighted by molar-refractivity contribution is 0.530. The van der Waals surface area contributed by atoms with E-state index in [-0.39, 0.29) is 4.75 Å². The molecule has 0 atom stereocenters. The van der Waals surface area contributed by atoms with Gasteiger partial charge in [-0.3, -0.25) is 0 Å². The molecule has 0 fully saturated rings. The van der Waals surface area contributed by atoms with Gasteiger partial charge in [0.05, 0.1) is 0 Å². The van der Waals surface area contributed by atoms with Gasteiger partial charge in [0, 0.05) is 4.75 Å². The SMILES string of the molecule is CCCC(S)(Cc1ccccc1)Cc1ccccc1. The van der Waals surface area contributed by atoms with E-state index in [1.807, 2.05) is 0 Å². The van der Waals surface area contributed by atoms with Gasteiger partial charge in [0.2, 0.25) is 0 Å². The second kappa shape index (κ2) is 6.81. The van der Waals surface area contributed by atoms with Gasteiger partial charge in [-0.2, -0.15) is 12.6 Å². The van der Waals surface area contributed by atoms with Crippen molar-refractivity contribution in [2.45, 2.75) is 37.4 Å². The van der Waals surface area contributed by atoms with Crippen molar-refractivity contribution in [3.8, 4) is 0 Å². The van der Waals surface area contributed by atoms with Crippen LogP contribution in [0.2, 0.25) is 0 Å². The monoisotopic (exact) mass is 270 g/mol. The molecule has 19 heavy (non-hydrogen) atoms. The zero-order valence-electron chi connectivity index (χ0n) is 11.5. The van der Waals surface area contributed by atoms with Crippen LogP contribution < -0.4 is 0 Å². The quantitative estimate of drug-likeness (QED) is 0.706. The van der Waals surface area contributed by atoms with Crippen molar-refractivity contribution in [1.29, 1.82) is 0 Å². The Balaban J connectivity index is 2.13. The number of thiol groups is 1. The molecule has 2 rings (SSSR count). The van der Waals surface area contributed by atoms with Gasteiger partial charge in [0.25, 0.3) is 0 Å². The lowest BCUT2D eigenvalue weighted by Crippen LogP contribution is -2.27. The van der Waals surface area contributed by atoms with Gasteiger partial charge in [0.15, 0.2) is 0 Å². The Hall–Kier alpha value is -1.21. The Kier molecular flexibility index (Phi) is 5.09. The maximum atomic E-state index is 5.02. The number of hydrogen-bond donors (Lipinski definition) is 1. The predicted molar refractivity (Wildman–Crippen MR) is 86.9 cm³/mol. The molecule has 100 valence electrons. The highest BCUT2D eigenvalue weighted by molar-refractivity contribution is 7.81. The molecule has 0 amide bonds. The molecule has 0 bridgehead atoms. The van der Waals surface area contributed by atoms with Crippen LogP contribution >= 0.6 is 12.6 Å². The first-order chi connectivity index (χ1) is 9.22. The smallest absolute Gasteiger partial charge is 0.0210 e. The predicted octanol–water partition coefficient (Wildman–Crippen LogP) is 4.94. The van der Waals surface area contributed by atoms with Crippen LogP contribution in [-0.2, 0) is 12.8 Å². The van der Waals surface area contributed by atoms with Crippen LogP contribution in [0.25, 0.3) is 0 Å². The minimum absolute atomic E-state index is 0.0530. The van der Waals surface area contributed by atoms with Gasteiger partial charge in [-0.25, -0.2) is 0 Å². The fraction of sp³-hybridized carbons (Fsp3) is 0.333. The Morgan fingerprint density at radius 1 is 0.789 bits per heavy atom. The highest BCUT2D eigenvalue weighted by atomic mass is 32.1. The average molecular weight is 270 g/mol. The van der Waals surface area contributed by atoms with Crippen LogP contribution in [-0.4, -0.2) is 4.75 Å². The largest absolute Gasteiger partial charge is 0.172 e. The third-order valence-electron chi connectivity index (χ3n) is 3.47. The Morgan fingerprint density at radius 2 is 1.21 bits per heavy atom. The average Bonchev–Trinajstić information content (AvgIpc) is 2.41. The molecular formula is C18H22S. The summed E-state index contributed by atoms with van der Waals surface area (Å²) in [6.07, 6.45) is 4.36. The molecule has 0 radical (unpaired) electrons. The number of rotatable bonds is 6. The number of benzene rings is 2. The topological polar surface area (TPSA) is 0 Å². The van der Waals surface area contributed by atoms with Crippen LogP contribution in [0.4, 0.5) is 0 Å². The van der Waals surface area contributed by atoms with Crippen molar-refractivity contribution in [3.63, 3.8) is 0 Å². The van der Waals surface area contributed by atoms with Crippen LogP contribution in [0.1, 0.15) is 30.9 Å². The minimum atomic E-state index is 0.0530. The third-order valence-corrected chi connectivity index (χ3v) is 4.01. The van der Waals surface area contributed by atoms with E-state index in [0.29, 0.717) is 0 Å². The highest BCUT2D eigenvalue weighted by Gasteiger charge is 2.25. The molecule has 0 N–H and O–H groups in total. The standard InChI is InChI=1S/C18H22S/c1-2-13-18(19,14-16-9-5-3-6-10-16)15-17-11-7-4-8-12-17/h3-12,19H,2,13-15H2,1H3. The van der Waals surface area contributed by atoms with Crippen molar-refractivity contribution < 1.29 is 0 Å². The lowest BCUT2D eigenvalue weighted by Gasteiger charge is -2.29. The van der Waals surface area contributed by atoms with Crippen LogP contribution in [0.15, 0.2) is 60.7 Å². The molecule has 2 aromatic carbocycles. The first kappa shape index (κ1) is 14.2. The van der Waals surface area contributed by atoms with E-state index >= 15 is 0 Å². The molecule has 0 aliphatic rings.